The Kier molecular flexibility index (Phi) is 5.41. The topological polar surface area (TPSA) is 38.3 Å². The lowest BCUT2D eigenvalue weighted by Crippen LogP contribution is -2.45. The fourth-order valence-electron chi connectivity index (χ4n) is 2.91. The summed E-state index contributed by atoms with van der Waals surface area (Å²) in [6.07, 6.45) is 7.18. The SMILES string of the molecule is CC(=O)Oc1ccc(C=C2CCCCC2NC(C)(C)C)cc1. The first-order chi connectivity index (χ1) is 10.3. The first kappa shape index (κ1) is 16.8. The maximum absolute atomic E-state index is 10.9. The number of carbonyl (C=O) groups excluding carboxylic acids is 1. The molecule has 3 nitrogen and oxygen atoms in total. The lowest BCUT2D eigenvalue weighted by molar-refractivity contribution is -0.131. The second-order valence-corrected chi connectivity index (χ2v) is 7.07. The second-order valence-electron chi connectivity index (χ2n) is 7.07. The van der Waals surface area contributed by atoms with Gasteiger partial charge < -0.3 is 10.1 Å². The van der Waals surface area contributed by atoms with Gasteiger partial charge in [-0.15, -0.1) is 0 Å². The maximum atomic E-state index is 10.9. The summed E-state index contributed by atoms with van der Waals surface area (Å²) in [4.78, 5) is 10.9. The minimum Gasteiger partial charge on any atom is -0.427 e. The monoisotopic (exact) mass is 301 g/mol. The lowest BCUT2D eigenvalue weighted by atomic mass is 9.87. The summed E-state index contributed by atoms with van der Waals surface area (Å²) in [6, 6.07) is 8.18. The summed E-state index contributed by atoms with van der Waals surface area (Å²) in [6.45, 7) is 8.06. The Balaban J connectivity index is 2.12. The van der Waals surface area contributed by atoms with Crippen LogP contribution in [0.4, 0.5) is 0 Å². The molecule has 1 atom stereocenters. The van der Waals surface area contributed by atoms with Gasteiger partial charge in [-0.3, -0.25) is 4.79 Å². The Bertz CT molecular complexity index is 538. The minimum atomic E-state index is -0.284. The number of benzene rings is 1. The summed E-state index contributed by atoms with van der Waals surface area (Å²) in [5, 5.41) is 3.73. The van der Waals surface area contributed by atoms with Crippen molar-refractivity contribution in [3.63, 3.8) is 0 Å². The van der Waals surface area contributed by atoms with E-state index in [1.807, 2.05) is 24.3 Å². The number of esters is 1. The van der Waals surface area contributed by atoms with Crippen LogP contribution in [-0.2, 0) is 4.79 Å². The van der Waals surface area contributed by atoms with Crippen molar-refractivity contribution < 1.29 is 9.53 Å². The van der Waals surface area contributed by atoms with E-state index in [1.54, 1.807) is 0 Å². The molecule has 1 aliphatic carbocycles. The van der Waals surface area contributed by atoms with Gasteiger partial charge in [-0.2, -0.15) is 0 Å². The fourth-order valence-corrected chi connectivity index (χ4v) is 2.91. The molecule has 0 aliphatic heterocycles. The summed E-state index contributed by atoms with van der Waals surface area (Å²) in [5.41, 5.74) is 2.76. The molecule has 0 heterocycles. The van der Waals surface area contributed by atoms with E-state index in [0.29, 0.717) is 11.8 Å². The van der Waals surface area contributed by atoms with Crippen LogP contribution in [0.5, 0.6) is 5.75 Å². The van der Waals surface area contributed by atoms with Crippen LogP contribution >= 0.6 is 0 Å². The van der Waals surface area contributed by atoms with Gasteiger partial charge in [-0.25, -0.2) is 0 Å². The Morgan fingerprint density at radius 2 is 1.91 bits per heavy atom. The standard InChI is InChI=1S/C19H27NO2/c1-14(21)22-17-11-9-15(10-12-17)13-16-7-5-6-8-18(16)20-19(2,3)4/h9-13,18,20H,5-8H2,1-4H3. The van der Waals surface area contributed by atoms with Crippen LogP contribution < -0.4 is 10.1 Å². The van der Waals surface area contributed by atoms with Gasteiger partial charge >= 0.3 is 5.97 Å². The third-order valence-corrected chi connectivity index (χ3v) is 3.76. The largest absolute Gasteiger partial charge is 0.427 e. The van der Waals surface area contributed by atoms with Crippen molar-refractivity contribution in [3.8, 4) is 5.75 Å². The van der Waals surface area contributed by atoms with Crippen LogP contribution in [0.2, 0.25) is 0 Å². The number of hydrogen-bond donors (Lipinski definition) is 1. The van der Waals surface area contributed by atoms with Crippen LogP contribution in [0.3, 0.4) is 0 Å². The first-order valence-corrected chi connectivity index (χ1v) is 8.10. The number of carbonyl (C=O) groups is 1. The Labute approximate surface area is 133 Å². The van der Waals surface area contributed by atoms with E-state index in [0.717, 1.165) is 12.0 Å². The van der Waals surface area contributed by atoms with Gasteiger partial charge in [0.05, 0.1) is 0 Å². The van der Waals surface area contributed by atoms with Crippen molar-refractivity contribution in [2.45, 2.75) is 65.0 Å². The van der Waals surface area contributed by atoms with E-state index in [4.69, 9.17) is 4.74 Å². The molecule has 120 valence electrons. The molecular formula is C19H27NO2. The highest BCUT2D eigenvalue weighted by atomic mass is 16.5. The molecule has 0 amide bonds. The maximum Gasteiger partial charge on any atom is 0.308 e. The highest BCUT2D eigenvalue weighted by molar-refractivity contribution is 5.69. The normalized spacial score (nSPS) is 20.9. The van der Waals surface area contributed by atoms with Crippen LogP contribution in [0.25, 0.3) is 6.08 Å². The van der Waals surface area contributed by atoms with Crippen molar-refractivity contribution in [2.75, 3.05) is 0 Å². The summed E-state index contributed by atoms with van der Waals surface area (Å²) >= 11 is 0. The molecule has 1 aromatic carbocycles. The Morgan fingerprint density at radius 3 is 2.50 bits per heavy atom. The zero-order chi connectivity index (χ0) is 16.2. The molecule has 0 aromatic heterocycles. The van der Waals surface area contributed by atoms with Crippen LogP contribution in [-0.4, -0.2) is 17.6 Å². The van der Waals surface area contributed by atoms with Crippen molar-refractivity contribution in [2.24, 2.45) is 0 Å². The molecule has 0 spiro atoms. The molecule has 2 rings (SSSR count). The second kappa shape index (κ2) is 7.10. The molecule has 1 aliphatic rings. The predicted octanol–water partition coefficient (Wildman–Crippen LogP) is 4.33. The van der Waals surface area contributed by atoms with Crippen LogP contribution in [0.15, 0.2) is 29.8 Å². The molecule has 1 unspecified atom stereocenters. The van der Waals surface area contributed by atoms with Gasteiger partial charge in [0.2, 0.25) is 0 Å². The molecule has 0 bridgehead atoms. The van der Waals surface area contributed by atoms with Crippen molar-refractivity contribution in [1.29, 1.82) is 0 Å². The zero-order valence-corrected chi connectivity index (χ0v) is 14.1. The highest BCUT2D eigenvalue weighted by Gasteiger charge is 2.23. The number of rotatable bonds is 3. The van der Waals surface area contributed by atoms with E-state index in [2.05, 4.69) is 32.2 Å². The van der Waals surface area contributed by atoms with Gasteiger partial charge in [-0.05, 0) is 57.7 Å². The molecule has 1 N–H and O–H groups in total. The molecule has 1 saturated carbocycles. The number of nitrogens with one attached hydrogen (secondary N) is 1. The predicted molar refractivity (Wildman–Crippen MR) is 90.9 cm³/mol. The third-order valence-electron chi connectivity index (χ3n) is 3.76. The lowest BCUT2D eigenvalue weighted by Gasteiger charge is -2.33. The number of ether oxygens (including phenoxy) is 1. The van der Waals surface area contributed by atoms with E-state index in [9.17, 15) is 4.79 Å². The van der Waals surface area contributed by atoms with Crippen LogP contribution in [0, 0.1) is 0 Å². The molecular weight excluding hydrogens is 274 g/mol. The quantitative estimate of drug-likeness (QED) is 0.667. The Morgan fingerprint density at radius 1 is 1.23 bits per heavy atom. The Hall–Kier alpha value is -1.61. The third kappa shape index (κ3) is 5.30. The summed E-state index contributed by atoms with van der Waals surface area (Å²) in [5.74, 6) is 0.315. The molecule has 0 radical (unpaired) electrons. The van der Waals surface area contributed by atoms with Crippen molar-refractivity contribution in [1.82, 2.24) is 5.32 Å². The van der Waals surface area contributed by atoms with Crippen molar-refractivity contribution in [3.05, 3.63) is 35.4 Å². The van der Waals surface area contributed by atoms with Gasteiger partial charge in [0.1, 0.15) is 5.75 Å². The summed E-state index contributed by atoms with van der Waals surface area (Å²) in [7, 11) is 0. The molecule has 1 fully saturated rings. The van der Waals surface area contributed by atoms with E-state index in [-0.39, 0.29) is 11.5 Å². The first-order valence-electron chi connectivity index (χ1n) is 8.10. The number of hydrogen-bond acceptors (Lipinski definition) is 3. The smallest absolute Gasteiger partial charge is 0.308 e. The molecule has 0 saturated heterocycles. The highest BCUT2D eigenvalue weighted by Crippen LogP contribution is 2.27. The molecule has 3 heteroatoms. The van der Waals surface area contributed by atoms with Crippen molar-refractivity contribution >= 4 is 12.0 Å². The zero-order valence-electron chi connectivity index (χ0n) is 14.1. The van der Waals surface area contributed by atoms with E-state index in [1.165, 1.54) is 31.8 Å². The van der Waals surface area contributed by atoms with Gasteiger partial charge in [0, 0.05) is 18.5 Å². The van der Waals surface area contributed by atoms with Gasteiger partial charge in [0.15, 0.2) is 0 Å². The van der Waals surface area contributed by atoms with Gasteiger partial charge in [0.25, 0.3) is 0 Å². The van der Waals surface area contributed by atoms with Gasteiger partial charge in [-0.1, -0.05) is 30.2 Å². The fraction of sp³-hybridized carbons (Fsp3) is 0.526. The average Bonchev–Trinajstić information content (AvgIpc) is 2.41. The van der Waals surface area contributed by atoms with E-state index >= 15 is 0 Å². The van der Waals surface area contributed by atoms with E-state index < -0.39 is 0 Å². The minimum absolute atomic E-state index is 0.125. The van der Waals surface area contributed by atoms with Crippen LogP contribution in [0.1, 0.15) is 58.9 Å². The molecule has 22 heavy (non-hydrogen) atoms. The summed E-state index contributed by atoms with van der Waals surface area (Å²) < 4.78 is 5.07. The molecule has 1 aromatic rings. The average molecular weight is 301 g/mol.